The summed E-state index contributed by atoms with van der Waals surface area (Å²) in [6.07, 6.45) is 4.34. The highest BCUT2D eigenvalue weighted by molar-refractivity contribution is 4.68. The lowest BCUT2D eigenvalue weighted by Crippen LogP contribution is -1.99. The average molecular weight is 146 g/mol. The Bertz CT molecular complexity index is 80.9. The van der Waals surface area contributed by atoms with Crippen LogP contribution in [0.25, 0.3) is 0 Å². The number of rotatable bonds is 6. The van der Waals surface area contributed by atoms with Crippen molar-refractivity contribution in [3.05, 3.63) is 12.3 Å². The van der Waals surface area contributed by atoms with Gasteiger partial charge in [-0.3, -0.25) is 0 Å². The van der Waals surface area contributed by atoms with Gasteiger partial charge in [0.05, 0.1) is 6.61 Å². The molecule has 0 aliphatic heterocycles. The maximum Gasteiger partial charge on any atom is 0.125 e. The van der Waals surface area contributed by atoms with Crippen LogP contribution in [-0.2, 0) is 14.5 Å². The lowest BCUT2D eigenvalue weighted by Gasteiger charge is -1.97. The maximum absolute atomic E-state index is 4.72. The first-order valence-electron chi connectivity index (χ1n) is 3.34. The van der Waals surface area contributed by atoms with Crippen LogP contribution in [0.3, 0.4) is 0 Å². The first-order valence-corrected chi connectivity index (χ1v) is 3.34. The van der Waals surface area contributed by atoms with Gasteiger partial charge in [-0.1, -0.05) is 6.92 Å². The Morgan fingerprint density at radius 2 is 2.10 bits per heavy atom. The molecule has 0 rings (SSSR count). The molecule has 3 nitrogen and oxygen atoms in total. The van der Waals surface area contributed by atoms with Crippen molar-refractivity contribution >= 4 is 0 Å². The van der Waals surface area contributed by atoms with Crippen molar-refractivity contribution in [2.75, 3.05) is 20.3 Å². The predicted octanol–water partition coefficient (Wildman–Crippen LogP) is 1.50. The standard InChI is InChI=1S/C7H14O3/c1-3-4-5-9-10-7-6-8-2/h4-5H,3,6-7H2,1-2H3. The van der Waals surface area contributed by atoms with Crippen molar-refractivity contribution in [1.82, 2.24) is 0 Å². The van der Waals surface area contributed by atoms with Gasteiger partial charge < -0.3 is 9.62 Å². The Labute approximate surface area is 61.5 Å². The van der Waals surface area contributed by atoms with E-state index in [9.17, 15) is 0 Å². The van der Waals surface area contributed by atoms with Crippen molar-refractivity contribution in [3.8, 4) is 0 Å². The molecule has 60 valence electrons. The number of hydrogen-bond donors (Lipinski definition) is 0. The van der Waals surface area contributed by atoms with E-state index >= 15 is 0 Å². The summed E-state index contributed by atoms with van der Waals surface area (Å²) in [6, 6.07) is 0. The van der Waals surface area contributed by atoms with Gasteiger partial charge in [-0.25, -0.2) is 0 Å². The molecule has 3 heteroatoms. The summed E-state index contributed by atoms with van der Waals surface area (Å²) in [5.74, 6) is 0. The van der Waals surface area contributed by atoms with Crippen LogP contribution in [0.2, 0.25) is 0 Å². The number of allylic oxidation sites excluding steroid dienone is 1. The summed E-state index contributed by atoms with van der Waals surface area (Å²) in [5.41, 5.74) is 0. The molecule has 0 amide bonds. The van der Waals surface area contributed by atoms with Gasteiger partial charge in [0.2, 0.25) is 0 Å². The fraction of sp³-hybridized carbons (Fsp3) is 0.714. The van der Waals surface area contributed by atoms with Crippen LogP contribution < -0.4 is 0 Å². The van der Waals surface area contributed by atoms with Gasteiger partial charge in [0.15, 0.2) is 0 Å². The second-order valence-electron chi connectivity index (χ2n) is 1.69. The quantitative estimate of drug-likeness (QED) is 0.246. The molecule has 10 heavy (non-hydrogen) atoms. The summed E-state index contributed by atoms with van der Waals surface area (Å²) < 4.78 is 4.72. The zero-order chi connectivity index (χ0) is 7.66. The molecule has 0 saturated carbocycles. The SMILES string of the molecule is CCC=COOCCOC. The molecule has 0 fully saturated rings. The van der Waals surface area contributed by atoms with Crippen LogP contribution >= 0.6 is 0 Å². The van der Waals surface area contributed by atoms with Crippen LogP contribution in [0.5, 0.6) is 0 Å². The summed E-state index contributed by atoms with van der Waals surface area (Å²) in [4.78, 5) is 9.28. The van der Waals surface area contributed by atoms with Crippen molar-refractivity contribution in [1.29, 1.82) is 0 Å². The molecule has 0 spiro atoms. The first-order chi connectivity index (χ1) is 4.91. The highest BCUT2D eigenvalue weighted by Gasteiger charge is 1.81. The minimum atomic E-state index is 0.463. The van der Waals surface area contributed by atoms with E-state index in [1.165, 1.54) is 6.26 Å². The van der Waals surface area contributed by atoms with Crippen molar-refractivity contribution in [3.63, 3.8) is 0 Å². The van der Waals surface area contributed by atoms with Crippen LogP contribution in [0, 0.1) is 0 Å². The molecule has 0 heterocycles. The molecule has 0 aliphatic rings. The Balaban J connectivity index is 2.83. The van der Waals surface area contributed by atoms with E-state index in [4.69, 9.17) is 4.74 Å². The lowest BCUT2D eigenvalue weighted by atomic mass is 10.5. The fourth-order valence-electron chi connectivity index (χ4n) is 0.340. The molecule has 0 saturated heterocycles. The zero-order valence-electron chi connectivity index (χ0n) is 6.50. The average Bonchev–Trinajstić information content (AvgIpc) is 1.97. The molecule has 0 unspecified atom stereocenters. The molecule has 0 aromatic rings. The second-order valence-corrected chi connectivity index (χ2v) is 1.69. The van der Waals surface area contributed by atoms with E-state index in [0.717, 1.165) is 6.42 Å². The third-order valence-electron chi connectivity index (χ3n) is 0.826. The minimum Gasteiger partial charge on any atom is -0.382 e. The lowest BCUT2D eigenvalue weighted by molar-refractivity contribution is -0.254. The van der Waals surface area contributed by atoms with Crippen molar-refractivity contribution in [2.24, 2.45) is 0 Å². The molecule has 0 aromatic carbocycles. The van der Waals surface area contributed by atoms with Crippen molar-refractivity contribution in [2.45, 2.75) is 13.3 Å². The predicted molar refractivity (Wildman–Crippen MR) is 38.3 cm³/mol. The Morgan fingerprint density at radius 3 is 2.70 bits per heavy atom. The van der Waals surface area contributed by atoms with Gasteiger partial charge in [-0.05, 0) is 12.5 Å². The van der Waals surface area contributed by atoms with Gasteiger partial charge in [-0.2, -0.15) is 4.89 Å². The molecule has 0 atom stereocenters. The van der Waals surface area contributed by atoms with Gasteiger partial charge >= 0.3 is 0 Å². The monoisotopic (exact) mass is 146 g/mol. The third kappa shape index (κ3) is 7.46. The highest BCUT2D eigenvalue weighted by atomic mass is 17.2. The van der Waals surface area contributed by atoms with Crippen LogP contribution in [0.15, 0.2) is 12.3 Å². The smallest absolute Gasteiger partial charge is 0.125 e. The Morgan fingerprint density at radius 1 is 1.30 bits per heavy atom. The zero-order valence-corrected chi connectivity index (χ0v) is 6.50. The molecular weight excluding hydrogens is 132 g/mol. The Hall–Kier alpha value is -0.540. The summed E-state index contributed by atoms with van der Waals surface area (Å²) >= 11 is 0. The van der Waals surface area contributed by atoms with E-state index in [0.29, 0.717) is 13.2 Å². The van der Waals surface area contributed by atoms with E-state index in [1.54, 1.807) is 7.11 Å². The number of methoxy groups -OCH3 is 1. The molecule has 0 aromatic heterocycles. The molecular formula is C7H14O3. The largest absolute Gasteiger partial charge is 0.382 e. The molecule has 0 aliphatic carbocycles. The maximum atomic E-state index is 4.72. The van der Waals surface area contributed by atoms with Gasteiger partial charge in [0.25, 0.3) is 0 Å². The summed E-state index contributed by atoms with van der Waals surface area (Å²) in [6.45, 7) is 3.04. The van der Waals surface area contributed by atoms with Crippen LogP contribution in [0.4, 0.5) is 0 Å². The highest BCUT2D eigenvalue weighted by Crippen LogP contribution is 1.83. The third-order valence-corrected chi connectivity index (χ3v) is 0.826. The fourth-order valence-corrected chi connectivity index (χ4v) is 0.340. The normalized spacial score (nSPS) is 10.6. The van der Waals surface area contributed by atoms with E-state index in [1.807, 2.05) is 13.0 Å². The van der Waals surface area contributed by atoms with Gasteiger partial charge in [0, 0.05) is 7.11 Å². The summed E-state index contributed by atoms with van der Waals surface area (Å²) in [7, 11) is 1.62. The van der Waals surface area contributed by atoms with Crippen molar-refractivity contribution < 1.29 is 14.5 Å². The number of ether oxygens (including phenoxy) is 1. The van der Waals surface area contributed by atoms with E-state index in [2.05, 4.69) is 9.78 Å². The minimum absolute atomic E-state index is 0.463. The van der Waals surface area contributed by atoms with E-state index < -0.39 is 0 Å². The Kier molecular flexibility index (Phi) is 8.00. The van der Waals surface area contributed by atoms with Crippen LogP contribution in [-0.4, -0.2) is 20.3 Å². The van der Waals surface area contributed by atoms with Gasteiger partial charge in [0.1, 0.15) is 12.9 Å². The molecule has 0 radical (unpaired) electrons. The molecule has 0 bridgehead atoms. The topological polar surface area (TPSA) is 27.7 Å². The first kappa shape index (κ1) is 9.46. The second kappa shape index (κ2) is 8.46. The van der Waals surface area contributed by atoms with Gasteiger partial charge in [-0.15, -0.1) is 0 Å². The van der Waals surface area contributed by atoms with Crippen LogP contribution in [0.1, 0.15) is 13.3 Å². The van der Waals surface area contributed by atoms with E-state index in [-0.39, 0.29) is 0 Å². The molecule has 0 N–H and O–H groups in total. The number of hydrogen-bond acceptors (Lipinski definition) is 3. The summed E-state index contributed by atoms with van der Waals surface area (Å²) in [5, 5.41) is 0.